The summed E-state index contributed by atoms with van der Waals surface area (Å²) in [6, 6.07) is 48.7. The second kappa shape index (κ2) is 20.1. The first-order chi connectivity index (χ1) is 18.2. The minimum atomic E-state index is 0.962. The van der Waals surface area contributed by atoms with Gasteiger partial charge in [-0.15, -0.1) is 0 Å². The second-order valence-electron chi connectivity index (χ2n) is 7.56. The summed E-state index contributed by atoms with van der Waals surface area (Å²) in [6.07, 6.45) is 0. The van der Waals surface area contributed by atoms with Crippen molar-refractivity contribution in [2.24, 2.45) is 0 Å². The standard InChI is InChI=1S/C12H8O.2C7H8.C6H6.2C2H6/c1-3-7-11-9(5-1)10-6-2-4-8-12(10)13-11;2*1-7-5-3-2-4-6-7;1-2-4-6-5-3-1;2*1-2/h1-8H;2*2-6H,1H3;1-6H;2*1-2H3. The van der Waals surface area contributed by atoms with E-state index in [1.165, 1.54) is 21.9 Å². The second-order valence-corrected chi connectivity index (χ2v) is 7.56. The summed E-state index contributed by atoms with van der Waals surface area (Å²) in [6.45, 7) is 12.2. The molecular weight excluding hydrogens is 448 g/mol. The molecular formula is C36H42O. The van der Waals surface area contributed by atoms with Crippen LogP contribution in [0.5, 0.6) is 0 Å². The monoisotopic (exact) mass is 490 g/mol. The Morgan fingerprint density at radius 3 is 0.838 bits per heavy atom. The van der Waals surface area contributed by atoms with Crippen molar-refractivity contribution in [3.8, 4) is 0 Å². The molecule has 5 aromatic carbocycles. The van der Waals surface area contributed by atoms with Crippen molar-refractivity contribution in [1.29, 1.82) is 0 Å². The van der Waals surface area contributed by atoms with Crippen LogP contribution in [0.3, 0.4) is 0 Å². The first-order valence-corrected chi connectivity index (χ1v) is 13.1. The Morgan fingerprint density at radius 2 is 0.568 bits per heavy atom. The van der Waals surface area contributed by atoms with Crippen molar-refractivity contribution in [2.45, 2.75) is 41.5 Å². The van der Waals surface area contributed by atoms with E-state index < -0.39 is 0 Å². The topological polar surface area (TPSA) is 13.1 Å². The first kappa shape index (κ1) is 30.9. The Morgan fingerprint density at radius 1 is 0.324 bits per heavy atom. The molecule has 0 aliphatic heterocycles. The molecule has 1 heterocycles. The summed E-state index contributed by atoms with van der Waals surface area (Å²) in [4.78, 5) is 0. The fraction of sp³-hybridized carbons (Fsp3) is 0.167. The van der Waals surface area contributed by atoms with Crippen LogP contribution in [0.2, 0.25) is 0 Å². The van der Waals surface area contributed by atoms with Gasteiger partial charge in [-0.1, -0.05) is 172 Å². The number of para-hydroxylation sites is 2. The molecule has 0 atom stereocenters. The molecule has 192 valence electrons. The highest BCUT2D eigenvalue weighted by Crippen LogP contribution is 2.27. The number of aryl methyl sites for hydroxylation is 2. The van der Waals surface area contributed by atoms with Gasteiger partial charge in [0.2, 0.25) is 0 Å². The average molecular weight is 491 g/mol. The van der Waals surface area contributed by atoms with Gasteiger partial charge in [0.05, 0.1) is 0 Å². The Bertz CT molecular complexity index is 1190. The van der Waals surface area contributed by atoms with Crippen LogP contribution in [0.4, 0.5) is 0 Å². The van der Waals surface area contributed by atoms with Gasteiger partial charge < -0.3 is 4.42 Å². The third-order valence-corrected chi connectivity index (χ3v) is 4.83. The highest BCUT2D eigenvalue weighted by molar-refractivity contribution is 6.04. The van der Waals surface area contributed by atoms with E-state index >= 15 is 0 Å². The maximum absolute atomic E-state index is 5.65. The summed E-state index contributed by atoms with van der Waals surface area (Å²) in [5.41, 5.74) is 4.57. The average Bonchev–Trinajstić information content (AvgIpc) is 3.37. The lowest BCUT2D eigenvalue weighted by molar-refractivity contribution is 0.669. The number of hydrogen-bond donors (Lipinski definition) is 0. The molecule has 0 saturated carbocycles. The molecule has 1 nitrogen and oxygen atoms in total. The zero-order valence-electron chi connectivity index (χ0n) is 23.3. The number of fused-ring (bicyclic) bond motifs is 3. The Balaban J connectivity index is 0.000000248. The molecule has 0 aliphatic carbocycles. The van der Waals surface area contributed by atoms with E-state index in [0.29, 0.717) is 0 Å². The maximum atomic E-state index is 5.65. The van der Waals surface area contributed by atoms with Gasteiger partial charge in [-0.2, -0.15) is 0 Å². The summed E-state index contributed by atoms with van der Waals surface area (Å²) in [7, 11) is 0. The molecule has 6 rings (SSSR count). The van der Waals surface area contributed by atoms with Gasteiger partial charge in [0, 0.05) is 10.8 Å². The van der Waals surface area contributed by atoms with Crippen LogP contribution in [-0.4, -0.2) is 0 Å². The van der Waals surface area contributed by atoms with Crippen molar-refractivity contribution in [2.75, 3.05) is 0 Å². The maximum Gasteiger partial charge on any atom is 0.135 e. The molecule has 1 aromatic heterocycles. The van der Waals surface area contributed by atoms with Gasteiger partial charge in [0.1, 0.15) is 11.2 Å². The van der Waals surface area contributed by atoms with Gasteiger partial charge in [-0.3, -0.25) is 0 Å². The van der Waals surface area contributed by atoms with Crippen molar-refractivity contribution in [3.63, 3.8) is 0 Å². The largest absolute Gasteiger partial charge is 0.456 e. The summed E-state index contributed by atoms with van der Waals surface area (Å²) >= 11 is 0. The van der Waals surface area contributed by atoms with Crippen molar-refractivity contribution >= 4 is 21.9 Å². The quantitative estimate of drug-likeness (QED) is 0.206. The Hall–Kier alpha value is -4.10. The molecule has 0 spiro atoms. The summed E-state index contributed by atoms with van der Waals surface area (Å²) in [5.74, 6) is 0. The van der Waals surface area contributed by atoms with Gasteiger partial charge in [-0.05, 0) is 26.0 Å². The summed E-state index contributed by atoms with van der Waals surface area (Å²) in [5, 5.41) is 2.39. The fourth-order valence-corrected chi connectivity index (χ4v) is 3.13. The Labute approximate surface area is 224 Å². The first-order valence-electron chi connectivity index (χ1n) is 13.1. The number of benzene rings is 5. The lowest BCUT2D eigenvalue weighted by Crippen LogP contribution is -1.62. The van der Waals surface area contributed by atoms with Gasteiger partial charge in [0.15, 0.2) is 0 Å². The lowest BCUT2D eigenvalue weighted by Gasteiger charge is -1.85. The van der Waals surface area contributed by atoms with Gasteiger partial charge in [-0.25, -0.2) is 0 Å². The van der Waals surface area contributed by atoms with Crippen molar-refractivity contribution in [3.05, 3.63) is 157 Å². The van der Waals surface area contributed by atoms with Crippen LogP contribution in [0.15, 0.2) is 150 Å². The van der Waals surface area contributed by atoms with Crippen molar-refractivity contribution in [1.82, 2.24) is 0 Å². The van der Waals surface area contributed by atoms with Crippen LogP contribution < -0.4 is 0 Å². The highest BCUT2D eigenvalue weighted by Gasteiger charge is 2.03. The molecule has 0 fully saturated rings. The SMILES string of the molecule is CC.CC.Cc1ccccc1.Cc1ccccc1.c1ccc2c(c1)oc1ccccc12.c1ccccc1. The lowest BCUT2D eigenvalue weighted by atomic mass is 10.2. The van der Waals surface area contributed by atoms with E-state index in [0.717, 1.165) is 11.2 Å². The molecule has 0 radical (unpaired) electrons. The molecule has 0 amide bonds. The van der Waals surface area contributed by atoms with Crippen LogP contribution in [0.25, 0.3) is 21.9 Å². The zero-order valence-corrected chi connectivity index (χ0v) is 23.3. The number of furan rings is 1. The minimum absolute atomic E-state index is 0.962. The van der Waals surface area contributed by atoms with E-state index in [9.17, 15) is 0 Å². The zero-order chi connectivity index (χ0) is 27.1. The molecule has 0 N–H and O–H groups in total. The van der Waals surface area contributed by atoms with Crippen molar-refractivity contribution < 1.29 is 4.42 Å². The minimum Gasteiger partial charge on any atom is -0.456 e. The number of hydrogen-bond acceptors (Lipinski definition) is 1. The molecule has 0 saturated heterocycles. The molecule has 37 heavy (non-hydrogen) atoms. The smallest absolute Gasteiger partial charge is 0.135 e. The Kier molecular flexibility index (Phi) is 16.8. The van der Waals surface area contributed by atoms with Crippen LogP contribution >= 0.6 is 0 Å². The highest BCUT2D eigenvalue weighted by atomic mass is 16.3. The molecule has 6 aromatic rings. The normalized spacial score (nSPS) is 8.81. The summed E-state index contributed by atoms with van der Waals surface area (Å²) < 4.78 is 5.65. The third-order valence-electron chi connectivity index (χ3n) is 4.83. The predicted molar refractivity (Wildman–Crippen MR) is 165 cm³/mol. The third kappa shape index (κ3) is 12.4. The molecule has 0 bridgehead atoms. The fourth-order valence-electron chi connectivity index (χ4n) is 3.13. The van der Waals surface area contributed by atoms with E-state index in [1.807, 2.05) is 137 Å². The molecule has 0 aliphatic rings. The van der Waals surface area contributed by atoms with Gasteiger partial charge in [0.25, 0.3) is 0 Å². The van der Waals surface area contributed by atoms with Crippen LogP contribution in [0.1, 0.15) is 38.8 Å². The van der Waals surface area contributed by atoms with Crippen LogP contribution in [0, 0.1) is 13.8 Å². The molecule has 1 heteroatoms. The van der Waals surface area contributed by atoms with Gasteiger partial charge >= 0.3 is 0 Å². The van der Waals surface area contributed by atoms with E-state index in [2.05, 4.69) is 50.2 Å². The molecule has 0 unspecified atom stereocenters. The van der Waals surface area contributed by atoms with E-state index in [1.54, 1.807) is 0 Å². The van der Waals surface area contributed by atoms with E-state index in [4.69, 9.17) is 4.42 Å². The number of rotatable bonds is 0. The van der Waals surface area contributed by atoms with Crippen LogP contribution in [-0.2, 0) is 0 Å². The van der Waals surface area contributed by atoms with E-state index in [-0.39, 0.29) is 0 Å². The predicted octanol–water partition coefficient (Wildman–Crippen LogP) is 11.3.